The molecule has 18 heavy (non-hydrogen) atoms. The number of nitrogens with zero attached hydrogens (tertiary/aromatic N) is 1. The summed E-state index contributed by atoms with van der Waals surface area (Å²) in [7, 11) is 4.49. The molecule has 0 radical (unpaired) electrons. The molecule has 0 aromatic carbocycles. The highest BCUT2D eigenvalue weighted by Gasteiger charge is 2.42. The molecular weight excluding hydrogens is 220 g/mol. The van der Waals surface area contributed by atoms with E-state index in [2.05, 4.69) is 25.9 Å². The summed E-state index contributed by atoms with van der Waals surface area (Å²) >= 11 is 0. The molecular formula is C16H32N2. The van der Waals surface area contributed by atoms with Gasteiger partial charge in [-0.1, -0.05) is 45.4 Å². The Bertz CT molecular complexity index is 258. The van der Waals surface area contributed by atoms with E-state index < -0.39 is 0 Å². The Hall–Kier alpha value is -0.0800. The van der Waals surface area contributed by atoms with Gasteiger partial charge in [-0.3, -0.25) is 0 Å². The highest BCUT2D eigenvalue weighted by molar-refractivity contribution is 5.01. The second-order valence-electron chi connectivity index (χ2n) is 7.19. The van der Waals surface area contributed by atoms with Crippen molar-refractivity contribution in [2.24, 2.45) is 17.6 Å². The van der Waals surface area contributed by atoms with Gasteiger partial charge in [0.1, 0.15) is 0 Å². The van der Waals surface area contributed by atoms with Gasteiger partial charge in [0.05, 0.1) is 0 Å². The van der Waals surface area contributed by atoms with Crippen LogP contribution in [0.3, 0.4) is 0 Å². The molecule has 2 saturated carbocycles. The van der Waals surface area contributed by atoms with E-state index in [-0.39, 0.29) is 5.54 Å². The van der Waals surface area contributed by atoms with Crippen LogP contribution in [0, 0.1) is 11.8 Å². The molecule has 0 amide bonds. The standard InChI is InChI=1S/C16H32N2/c1-13-7-6-10-16(12-13,18(2)3)15(17)11-14-8-4-5-9-14/h13-15H,4-12,17H2,1-3H3. The molecule has 0 aromatic rings. The van der Waals surface area contributed by atoms with Crippen molar-refractivity contribution in [1.29, 1.82) is 0 Å². The third-order valence-electron chi connectivity index (χ3n) is 5.65. The van der Waals surface area contributed by atoms with Gasteiger partial charge in [-0.2, -0.15) is 0 Å². The fourth-order valence-electron chi connectivity index (χ4n) is 4.46. The third kappa shape index (κ3) is 2.91. The van der Waals surface area contributed by atoms with Gasteiger partial charge in [-0.25, -0.2) is 0 Å². The molecule has 2 aliphatic carbocycles. The van der Waals surface area contributed by atoms with E-state index in [4.69, 9.17) is 5.73 Å². The van der Waals surface area contributed by atoms with Gasteiger partial charge in [-0.05, 0) is 45.2 Å². The van der Waals surface area contributed by atoms with Crippen molar-refractivity contribution < 1.29 is 0 Å². The van der Waals surface area contributed by atoms with E-state index in [1.54, 1.807) is 0 Å². The van der Waals surface area contributed by atoms with Crippen LogP contribution in [0.4, 0.5) is 0 Å². The van der Waals surface area contributed by atoms with Gasteiger partial charge in [0, 0.05) is 11.6 Å². The summed E-state index contributed by atoms with van der Waals surface area (Å²) in [6, 6.07) is 0.373. The molecule has 0 aromatic heterocycles. The first-order valence-corrected chi connectivity index (χ1v) is 7.97. The summed E-state index contributed by atoms with van der Waals surface area (Å²) in [6.07, 6.45) is 12.3. The zero-order valence-corrected chi connectivity index (χ0v) is 12.6. The minimum Gasteiger partial charge on any atom is -0.326 e. The second kappa shape index (κ2) is 5.92. The average Bonchev–Trinajstić information content (AvgIpc) is 2.81. The van der Waals surface area contributed by atoms with Gasteiger partial charge >= 0.3 is 0 Å². The molecule has 2 aliphatic rings. The van der Waals surface area contributed by atoms with Crippen molar-refractivity contribution >= 4 is 0 Å². The van der Waals surface area contributed by atoms with E-state index in [1.807, 2.05) is 0 Å². The molecule has 2 N–H and O–H groups in total. The zero-order chi connectivity index (χ0) is 13.2. The van der Waals surface area contributed by atoms with E-state index >= 15 is 0 Å². The molecule has 0 spiro atoms. The maximum atomic E-state index is 6.68. The van der Waals surface area contributed by atoms with Crippen LogP contribution in [-0.4, -0.2) is 30.6 Å². The highest BCUT2D eigenvalue weighted by atomic mass is 15.2. The van der Waals surface area contributed by atoms with Crippen molar-refractivity contribution in [3.8, 4) is 0 Å². The summed E-state index contributed by atoms with van der Waals surface area (Å²) in [6.45, 7) is 2.40. The smallest absolute Gasteiger partial charge is 0.0356 e. The Morgan fingerprint density at radius 2 is 1.83 bits per heavy atom. The first-order chi connectivity index (χ1) is 8.54. The molecule has 2 rings (SSSR count). The molecule has 2 heteroatoms. The summed E-state index contributed by atoms with van der Waals surface area (Å²) in [4.78, 5) is 2.45. The molecule has 3 atom stereocenters. The molecule has 0 bridgehead atoms. The number of hydrogen-bond acceptors (Lipinski definition) is 2. The number of likely N-dealkylation sites (N-methyl/N-ethyl adjacent to an activating group) is 1. The first-order valence-electron chi connectivity index (χ1n) is 7.97. The topological polar surface area (TPSA) is 29.3 Å². The van der Waals surface area contributed by atoms with Crippen molar-refractivity contribution in [3.63, 3.8) is 0 Å². The molecule has 106 valence electrons. The molecule has 0 saturated heterocycles. The monoisotopic (exact) mass is 252 g/mol. The van der Waals surface area contributed by atoms with Gasteiger partial charge in [-0.15, -0.1) is 0 Å². The Morgan fingerprint density at radius 1 is 1.17 bits per heavy atom. The van der Waals surface area contributed by atoms with Crippen LogP contribution in [0.15, 0.2) is 0 Å². The van der Waals surface area contributed by atoms with Crippen LogP contribution in [0.1, 0.15) is 64.7 Å². The van der Waals surface area contributed by atoms with E-state index in [1.165, 1.54) is 57.8 Å². The molecule has 2 fully saturated rings. The molecule has 3 unspecified atom stereocenters. The van der Waals surface area contributed by atoms with Gasteiger partial charge in [0.25, 0.3) is 0 Å². The summed E-state index contributed by atoms with van der Waals surface area (Å²) < 4.78 is 0. The van der Waals surface area contributed by atoms with E-state index in [0.717, 1.165) is 11.8 Å². The predicted octanol–water partition coefficient (Wildman–Crippen LogP) is 3.40. The minimum atomic E-state index is 0.278. The van der Waals surface area contributed by atoms with Crippen LogP contribution in [0.25, 0.3) is 0 Å². The van der Waals surface area contributed by atoms with Crippen LogP contribution in [-0.2, 0) is 0 Å². The van der Waals surface area contributed by atoms with Gasteiger partial charge in [0.2, 0.25) is 0 Å². The van der Waals surface area contributed by atoms with Gasteiger partial charge in [0.15, 0.2) is 0 Å². The van der Waals surface area contributed by atoms with Gasteiger partial charge < -0.3 is 10.6 Å². The quantitative estimate of drug-likeness (QED) is 0.831. The zero-order valence-electron chi connectivity index (χ0n) is 12.6. The van der Waals surface area contributed by atoms with Crippen molar-refractivity contribution in [2.45, 2.75) is 76.3 Å². The number of hydrogen-bond donors (Lipinski definition) is 1. The lowest BCUT2D eigenvalue weighted by molar-refractivity contribution is 0.0425. The molecule has 0 heterocycles. The lowest BCUT2D eigenvalue weighted by Gasteiger charge is -2.49. The van der Waals surface area contributed by atoms with Crippen LogP contribution < -0.4 is 5.73 Å². The summed E-state index contributed by atoms with van der Waals surface area (Å²) in [5.74, 6) is 1.75. The minimum absolute atomic E-state index is 0.278. The first kappa shape index (κ1) is 14.3. The third-order valence-corrected chi connectivity index (χ3v) is 5.65. The Kier molecular flexibility index (Phi) is 4.71. The van der Waals surface area contributed by atoms with Crippen molar-refractivity contribution in [1.82, 2.24) is 4.90 Å². The number of nitrogens with two attached hydrogens (primary N) is 1. The van der Waals surface area contributed by atoms with Crippen LogP contribution >= 0.6 is 0 Å². The maximum absolute atomic E-state index is 6.68. The number of rotatable bonds is 4. The van der Waals surface area contributed by atoms with E-state index in [0.29, 0.717) is 6.04 Å². The van der Waals surface area contributed by atoms with Crippen molar-refractivity contribution in [3.05, 3.63) is 0 Å². The summed E-state index contributed by atoms with van der Waals surface area (Å²) in [5.41, 5.74) is 6.96. The lowest BCUT2D eigenvalue weighted by Crippen LogP contribution is -2.59. The van der Waals surface area contributed by atoms with Crippen molar-refractivity contribution in [2.75, 3.05) is 14.1 Å². The molecule has 2 nitrogen and oxygen atoms in total. The average molecular weight is 252 g/mol. The molecule has 0 aliphatic heterocycles. The van der Waals surface area contributed by atoms with Crippen LogP contribution in [0.2, 0.25) is 0 Å². The van der Waals surface area contributed by atoms with E-state index in [9.17, 15) is 0 Å². The summed E-state index contributed by atoms with van der Waals surface area (Å²) in [5, 5.41) is 0. The Labute approximate surface area is 113 Å². The lowest BCUT2D eigenvalue weighted by atomic mass is 9.69. The van der Waals surface area contributed by atoms with Crippen LogP contribution in [0.5, 0.6) is 0 Å². The highest BCUT2D eigenvalue weighted by Crippen LogP contribution is 2.40. The fourth-order valence-corrected chi connectivity index (χ4v) is 4.46. The Balaban J connectivity index is 2.03. The SMILES string of the molecule is CC1CCCC(C(N)CC2CCCC2)(N(C)C)C1. The largest absolute Gasteiger partial charge is 0.326 e. The second-order valence-corrected chi connectivity index (χ2v) is 7.19. The maximum Gasteiger partial charge on any atom is 0.0356 e. The Morgan fingerprint density at radius 3 is 2.39 bits per heavy atom. The normalized spacial score (nSPS) is 36.2. The fraction of sp³-hybridized carbons (Fsp3) is 1.00. The predicted molar refractivity (Wildman–Crippen MR) is 78.6 cm³/mol.